The predicted molar refractivity (Wildman–Crippen MR) is 126 cm³/mol. The van der Waals surface area contributed by atoms with E-state index in [1.54, 1.807) is 31.3 Å². The third-order valence-corrected chi connectivity index (χ3v) is 6.23. The van der Waals surface area contributed by atoms with Crippen LogP contribution in [-0.2, 0) is 23.0 Å². The minimum absolute atomic E-state index is 0. The number of benzene rings is 2. The van der Waals surface area contributed by atoms with E-state index in [1.807, 2.05) is 24.3 Å². The summed E-state index contributed by atoms with van der Waals surface area (Å²) in [6.07, 6.45) is 0.789. The van der Waals surface area contributed by atoms with Gasteiger partial charge in [-0.3, -0.25) is 4.99 Å². The van der Waals surface area contributed by atoms with Gasteiger partial charge in [-0.25, -0.2) is 12.7 Å². The molecule has 0 atom stereocenters. The molecule has 0 bridgehead atoms. The van der Waals surface area contributed by atoms with Gasteiger partial charge in [-0.05, 0) is 35.7 Å². The molecule has 0 fully saturated rings. The van der Waals surface area contributed by atoms with E-state index in [2.05, 4.69) is 15.6 Å². The lowest BCUT2D eigenvalue weighted by Gasteiger charge is -2.14. The second-order valence-electron chi connectivity index (χ2n) is 6.13. The molecule has 28 heavy (non-hydrogen) atoms. The lowest BCUT2D eigenvalue weighted by molar-refractivity contribution is 0.520. The molecule has 0 aliphatic carbocycles. The summed E-state index contributed by atoms with van der Waals surface area (Å²) < 4.78 is 25.4. The number of aliphatic imine (C=N–C) groups is 1. The van der Waals surface area contributed by atoms with Crippen LogP contribution >= 0.6 is 35.6 Å². The van der Waals surface area contributed by atoms with Crippen molar-refractivity contribution in [2.75, 3.05) is 27.7 Å². The first-order valence-electron chi connectivity index (χ1n) is 8.54. The topological polar surface area (TPSA) is 73.8 Å². The summed E-state index contributed by atoms with van der Waals surface area (Å²) in [5.41, 5.74) is 2.04. The van der Waals surface area contributed by atoms with Crippen molar-refractivity contribution in [1.82, 2.24) is 14.9 Å². The Kier molecular flexibility index (Phi) is 10.2. The van der Waals surface area contributed by atoms with Crippen molar-refractivity contribution in [3.8, 4) is 0 Å². The summed E-state index contributed by atoms with van der Waals surface area (Å²) in [4.78, 5) is 4.47. The summed E-state index contributed by atoms with van der Waals surface area (Å²) in [5.74, 6) is 0.673. The summed E-state index contributed by atoms with van der Waals surface area (Å²) in [6, 6.07) is 14.6. The van der Waals surface area contributed by atoms with E-state index in [1.165, 1.54) is 18.4 Å². The number of nitrogens with zero attached hydrogens (tertiary/aromatic N) is 2. The smallest absolute Gasteiger partial charge is 0.242 e. The fourth-order valence-electron chi connectivity index (χ4n) is 2.41. The predicted octanol–water partition coefficient (Wildman–Crippen LogP) is 3.12. The molecule has 9 heteroatoms. The number of rotatable bonds is 7. The molecule has 0 saturated carbocycles. The molecular formula is C19H26ClIN4O2S. The number of guanidine groups is 1. The molecule has 0 aliphatic rings. The van der Waals surface area contributed by atoms with Crippen molar-refractivity contribution in [2.45, 2.75) is 17.9 Å². The van der Waals surface area contributed by atoms with Crippen LogP contribution in [0.1, 0.15) is 11.1 Å². The van der Waals surface area contributed by atoms with Gasteiger partial charge in [0, 0.05) is 39.3 Å². The zero-order chi connectivity index (χ0) is 19.9. The molecule has 0 aliphatic heterocycles. The Balaban J connectivity index is 0.00000392. The van der Waals surface area contributed by atoms with Crippen LogP contribution in [0, 0.1) is 0 Å². The Labute approximate surface area is 189 Å². The van der Waals surface area contributed by atoms with Crippen LogP contribution in [0.3, 0.4) is 0 Å². The van der Waals surface area contributed by atoms with Gasteiger partial charge in [-0.1, -0.05) is 41.9 Å². The lowest BCUT2D eigenvalue weighted by Crippen LogP contribution is -2.37. The molecule has 154 valence electrons. The second kappa shape index (κ2) is 11.6. The number of hydrogen-bond donors (Lipinski definition) is 2. The fourth-order valence-corrected chi connectivity index (χ4v) is 3.55. The fraction of sp³-hybridized carbons (Fsp3) is 0.316. The molecule has 0 radical (unpaired) electrons. The Bertz CT molecular complexity index is 887. The van der Waals surface area contributed by atoms with Gasteiger partial charge in [0.2, 0.25) is 10.0 Å². The van der Waals surface area contributed by atoms with Gasteiger partial charge in [0.15, 0.2) is 5.96 Å². The first-order valence-corrected chi connectivity index (χ1v) is 10.4. The van der Waals surface area contributed by atoms with Crippen molar-refractivity contribution in [1.29, 1.82) is 0 Å². The van der Waals surface area contributed by atoms with Crippen LogP contribution < -0.4 is 10.6 Å². The van der Waals surface area contributed by atoms with Gasteiger partial charge >= 0.3 is 0 Å². The van der Waals surface area contributed by atoms with Crippen molar-refractivity contribution in [3.63, 3.8) is 0 Å². The third-order valence-electron chi connectivity index (χ3n) is 4.03. The summed E-state index contributed by atoms with van der Waals surface area (Å²) in [5, 5.41) is 7.22. The standard InChI is InChI=1S/C19H25ClN4O2S.HI/c1-21-19(22-13-12-16-6-4-5-7-18(16)20)23-14-15-8-10-17(11-9-15)27(25,26)24(2)3;/h4-11H,12-14H2,1-3H3,(H2,21,22,23);1H. The van der Waals surface area contributed by atoms with Crippen molar-refractivity contribution in [3.05, 3.63) is 64.7 Å². The van der Waals surface area contributed by atoms with Crippen molar-refractivity contribution in [2.24, 2.45) is 4.99 Å². The van der Waals surface area contributed by atoms with E-state index in [4.69, 9.17) is 11.6 Å². The highest BCUT2D eigenvalue weighted by atomic mass is 127. The number of nitrogens with one attached hydrogen (secondary N) is 2. The summed E-state index contributed by atoms with van der Waals surface area (Å²) in [6.45, 7) is 1.23. The molecule has 2 rings (SSSR count). The lowest BCUT2D eigenvalue weighted by atomic mass is 10.1. The van der Waals surface area contributed by atoms with Gasteiger partial charge in [-0.2, -0.15) is 0 Å². The van der Waals surface area contributed by atoms with Crippen LogP contribution in [0.15, 0.2) is 58.4 Å². The van der Waals surface area contributed by atoms with Crippen molar-refractivity contribution < 1.29 is 8.42 Å². The second-order valence-corrected chi connectivity index (χ2v) is 8.68. The Morgan fingerprint density at radius 2 is 1.71 bits per heavy atom. The van der Waals surface area contributed by atoms with E-state index in [9.17, 15) is 8.42 Å². The number of halogens is 2. The maximum absolute atomic E-state index is 12.1. The number of sulfonamides is 1. The zero-order valence-corrected chi connectivity index (χ0v) is 20.0. The molecule has 6 nitrogen and oxygen atoms in total. The Hall–Kier alpha value is -1.36. The first-order chi connectivity index (χ1) is 12.8. The van der Waals surface area contributed by atoms with E-state index < -0.39 is 10.0 Å². The molecule has 0 spiro atoms. The highest BCUT2D eigenvalue weighted by Gasteiger charge is 2.16. The van der Waals surface area contributed by atoms with Gasteiger partial charge in [0.05, 0.1) is 4.90 Å². The van der Waals surface area contributed by atoms with Crippen LogP contribution in [-0.4, -0.2) is 46.4 Å². The third kappa shape index (κ3) is 6.91. The summed E-state index contributed by atoms with van der Waals surface area (Å²) in [7, 11) is 1.33. The summed E-state index contributed by atoms with van der Waals surface area (Å²) >= 11 is 6.16. The highest BCUT2D eigenvalue weighted by Crippen LogP contribution is 2.15. The average molecular weight is 537 g/mol. The minimum Gasteiger partial charge on any atom is -0.356 e. The van der Waals surface area contributed by atoms with Gasteiger partial charge in [0.1, 0.15) is 0 Å². The quantitative estimate of drug-likeness (QED) is 0.324. The molecule has 2 aromatic carbocycles. The van der Waals surface area contributed by atoms with E-state index >= 15 is 0 Å². The van der Waals surface area contributed by atoms with E-state index in [0.717, 1.165) is 22.6 Å². The van der Waals surface area contributed by atoms with Crippen LogP contribution in [0.5, 0.6) is 0 Å². The average Bonchev–Trinajstić information content (AvgIpc) is 2.66. The maximum Gasteiger partial charge on any atom is 0.242 e. The van der Waals surface area contributed by atoms with E-state index in [0.29, 0.717) is 19.0 Å². The Morgan fingerprint density at radius 3 is 2.29 bits per heavy atom. The SMILES string of the molecule is CN=C(NCCc1ccccc1Cl)NCc1ccc(S(=O)(=O)N(C)C)cc1.I. The van der Waals surface area contributed by atoms with Crippen molar-refractivity contribution >= 4 is 51.6 Å². The monoisotopic (exact) mass is 536 g/mol. The molecule has 0 unspecified atom stereocenters. The normalized spacial score (nSPS) is 11.8. The van der Waals surface area contributed by atoms with Gasteiger partial charge in [-0.15, -0.1) is 24.0 Å². The zero-order valence-electron chi connectivity index (χ0n) is 16.1. The van der Waals surface area contributed by atoms with Gasteiger partial charge in [0.25, 0.3) is 0 Å². The molecule has 2 aromatic rings. The van der Waals surface area contributed by atoms with E-state index in [-0.39, 0.29) is 28.9 Å². The molecule has 0 heterocycles. The maximum atomic E-state index is 12.1. The number of hydrogen-bond acceptors (Lipinski definition) is 3. The van der Waals surface area contributed by atoms with Crippen LogP contribution in [0.25, 0.3) is 0 Å². The highest BCUT2D eigenvalue weighted by molar-refractivity contribution is 14.0. The molecule has 0 saturated heterocycles. The largest absolute Gasteiger partial charge is 0.356 e. The van der Waals surface area contributed by atoms with Crippen LogP contribution in [0.2, 0.25) is 5.02 Å². The molecular weight excluding hydrogens is 511 g/mol. The molecule has 0 amide bonds. The first kappa shape index (κ1) is 24.7. The Morgan fingerprint density at radius 1 is 1.07 bits per heavy atom. The minimum atomic E-state index is -3.41. The van der Waals surface area contributed by atoms with Gasteiger partial charge < -0.3 is 10.6 Å². The van der Waals surface area contributed by atoms with Crippen LogP contribution in [0.4, 0.5) is 0 Å². The molecule has 0 aromatic heterocycles. The molecule has 2 N–H and O–H groups in total.